The van der Waals surface area contributed by atoms with Crippen LogP contribution in [0.25, 0.3) is 6.08 Å². The van der Waals surface area contributed by atoms with Crippen molar-refractivity contribution in [3.05, 3.63) is 71.8 Å². The van der Waals surface area contributed by atoms with Gasteiger partial charge in [0.15, 0.2) is 0 Å². The Kier molecular flexibility index (Phi) is 6.79. The van der Waals surface area contributed by atoms with Crippen molar-refractivity contribution in [1.82, 2.24) is 4.90 Å². The van der Waals surface area contributed by atoms with Crippen LogP contribution >= 0.6 is 0 Å². The van der Waals surface area contributed by atoms with Crippen molar-refractivity contribution >= 4 is 23.9 Å². The molecule has 1 aliphatic heterocycles. The first-order valence-electron chi connectivity index (χ1n) is 9.49. The number of rotatable bonds is 5. The van der Waals surface area contributed by atoms with Crippen molar-refractivity contribution in [3.8, 4) is 5.75 Å². The molecular formula is C23H23NO5. The van der Waals surface area contributed by atoms with E-state index in [9.17, 15) is 14.4 Å². The van der Waals surface area contributed by atoms with Crippen LogP contribution in [0.1, 0.15) is 28.8 Å². The summed E-state index contributed by atoms with van der Waals surface area (Å²) in [4.78, 5) is 37.9. The number of carbonyl (C=O) groups excluding carboxylic acids is 3. The lowest BCUT2D eigenvalue weighted by molar-refractivity contribution is -0.142. The topological polar surface area (TPSA) is 72.9 Å². The molecule has 0 aromatic heterocycles. The van der Waals surface area contributed by atoms with Crippen LogP contribution in [0.15, 0.2) is 60.7 Å². The predicted molar refractivity (Wildman–Crippen MR) is 108 cm³/mol. The number of nitrogens with zero attached hydrogens (tertiary/aromatic N) is 1. The molecule has 0 spiro atoms. The fourth-order valence-corrected chi connectivity index (χ4v) is 3.15. The minimum absolute atomic E-state index is 0.0564. The summed E-state index contributed by atoms with van der Waals surface area (Å²) in [6, 6.07) is 15.9. The second kappa shape index (κ2) is 9.68. The van der Waals surface area contributed by atoms with E-state index in [1.54, 1.807) is 41.3 Å². The molecule has 1 heterocycles. The minimum Gasteiger partial charge on any atom is -0.465 e. The Hall–Kier alpha value is -3.41. The normalized spacial score (nSPS) is 14.6. The van der Waals surface area contributed by atoms with Crippen molar-refractivity contribution in [2.75, 3.05) is 20.2 Å². The Labute approximate surface area is 169 Å². The van der Waals surface area contributed by atoms with Gasteiger partial charge in [-0.2, -0.15) is 0 Å². The van der Waals surface area contributed by atoms with Gasteiger partial charge in [0, 0.05) is 19.2 Å². The van der Waals surface area contributed by atoms with Gasteiger partial charge < -0.3 is 14.4 Å². The highest BCUT2D eigenvalue weighted by atomic mass is 16.5. The number of carbonyl (C=O) groups is 3. The lowest BCUT2D eigenvalue weighted by Gasteiger charge is -2.30. The van der Waals surface area contributed by atoms with Crippen LogP contribution in [-0.4, -0.2) is 42.9 Å². The Balaban J connectivity index is 1.48. The summed E-state index contributed by atoms with van der Waals surface area (Å²) >= 11 is 0. The molecule has 2 aromatic carbocycles. The van der Waals surface area contributed by atoms with E-state index in [0.29, 0.717) is 37.2 Å². The summed E-state index contributed by atoms with van der Waals surface area (Å²) in [5, 5.41) is 0. The van der Waals surface area contributed by atoms with Gasteiger partial charge in [-0.3, -0.25) is 9.59 Å². The molecule has 29 heavy (non-hydrogen) atoms. The molecule has 6 nitrogen and oxygen atoms in total. The Bertz CT molecular complexity index is 881. The Morgan fingerprint density at radius 1 is 0.966 bits per heavy atom. The van der Waals surface area contributed by atoms with Gasteiger partial charge >= 0.3 is 11.9 Å². The van der Waals surface area contributed by atoms with Gasteiger partial charge in [0.1, 0.15) is 5.75 Å². The highest BCUT2D eigenvalue weighted by Gasteiger charge is 2.28. The number of esters is 2. The SMILES string of the molecule is COC(=O)c1ccc(OC(=O)C2CCN(C(=O)/C=C/c3ccccc3)CC2)cc1. The van der Waals surface area contributed by atoms with E-state index < -0.39 is 5.97 Å². The molecule has 2 aromatic rings. The first-order valence-corrected chi connectivity index (χ1v) is 9.49. The Morgan fingerprint density at radius 3 is 2.24 bits per heavy atom. The molecule has 0 N–H and O–H groups in total. The van der Waals surface area contributed by atoms with Crippen molar-refractivity contribution in [1.29, 1.82) is 0 Å². The zero-order valence-electron chi connectivity index (χ0n) is 16.2. The third kappa shape index (κ3) is 5.54. The maximum absolute atomic E-state index is 12.4. The van der Waals surface area contributed by atoms with Crippen LogP contribution in [0.4, 0.5) is 0 Å². The lowest BCUT2D eigenvalue weighted by Crippen LogP contribution is -2.40. The first-order chi connectivity index (χ1) is 14.1. The second-order valence-electron chi connectivity index (χ2n) is 6.78. The molecule has 1 aliphatic rings. The number of methoxy groups -OCH3 is 1. The summed E-state index contributed by atoms with van der Waals surface area (Å²) in [5.74, 6) is -0.688. The van der Waals surface area contributed by atoms with E-state index in [0.717, 1.165) is 5.56 Å². The van der Waals surface area contributed by atoms with E-state index in [1.807, 2.05) is 30.3 Å². The number of ether oxygens (including phenoxy) is 2. The summed E-state index contributed by atoms with van der Waals surface area (Å²) in [6.07, 6.45) is 4.48. The van der Waals surface area contributed by atoms with Crippen LogP contribution < -0.4 is 4.74 Å². The van der Waals surface area contributed by atoms with Gasteiger partial charge in [-0.25, -0.2) is 4.79 Å². The number of benzene rings is 2. The standard InChI is InChI=1S/C23H23NO5/c1-28-22(26)18-8-10-20(11-9-18)29-23(27)19-13-15-24(16-14-19)21(25)12-7-17-5-3-2-4-6-17/h2-12,19H,13-16H2,1H3/b12-7+. The third-order valence-electron chi connectivity index (χ3n) is 4.85. The maximum atomic E-state index is 12.4. The molecule has 150 valence electrons. The Morgan fingerprint density at radius 2 is 1.62 bits per heavy atom. The molecule has 0 saturated carbocycles. The number of hydrogen-bond acceptors (Lipinski definition) is 5. The maximum Gasteiger partial charge on any atom is 0.337 e. The van der Waals surface area contributed by atoms with E-state index in [2.05, 4.69) is 4.74 Å². The average Bonchev–Trinajstić information content (AvgIpc) is 2.78. The van der Waals surface area contributed by atoms with Gasteiger partial charge in [0.25, 0.3) is 0 Å². The zero-order chi connectivity index (χ0) is 20.6. The molecule has 1 amide bonds. The van der Waals surface area contributed by atoms with Gasteiger partial charge in [-0.15, -0.1) is 0 Å². The third-order valence-corrected chi connectivity index (χ3v) is 4.85. The molecule has 6 heteroatoms. The number of likely N-dealkylation sites (tertiary alicyclic amines) is 1. The summed E-state index contributed by atoms with van der Waals surface area (Å²) < 4.78 is 10.1. The van der Waals surface area contributed by atoms with E-state index in [4.69, 9.17) is 4.74 Å². The van der Waals surface area contributed by atoms with Crippen LogP contribution in [-0.2, 0) is 14.3 Å². The van der Waals surface area contributed by atoms with Crippen LogP contribution in [0.2, 0.25) is 0 Å². The van der Waals surface area contributed by atoms with Gasteiger partial charge in [-0.05, 0) is 48.7 Å². The molecule has 0 unspecified atom stereocenters. The first kappa shape index (κ1) is 20.3. The quantitative estimate of drug-likeness (QED) is 0.443. The molecule has 0 bridgehead atoms. The fourth-order valence-electron chi connectivity index (χ4n) is 3.15. The molecule has 1 saturated heterocycles. The predicted octanol–water partition coefficient (Wildman–Crippen LogP) is 3.33. The minimum atomic E-state index is -0.443. The summed E-state index contributed by atoms with van der Waals surface area (Å²) in [6.45, 7) is 1.03. The number of hydrogen-bond donors (Lipinski definition) is 0. The van der Waals surface area contributed by atoms with Crippen LogP contribution in [0, 0.1) is 5.92 Å². The van der Waals surface area contributed by atoms with Crippen LogP contribution in [0.5, 0.6) is 5.75 Å². The molecule has 1 fully saturated rings. The highest BCUT2D eigenvalue weighted by molar-refractivity contribution is 5.92. The van der Waals surface area contributed by atoms with E-state index in [-0.39, 0.29) is 17.8 Å². The summed E-state index contributed by atoms with van der Waals surface area (Å²) in [7, 11) is 1.31. The highest BCUT2D eigenvalue weighted by Crippen LogP contribution is 2.21. The van der Waals surface area contributed by atoms with E-state index >= 15 is 0 Å². The molecular weight excluding hydrogens is 370 g/mol. The average molecular weight is 393 g/mol. The smallest absolute Gasteiger partial charge is 0.337 e. The van der Waals surface area contributed by atoms with Crippen LogP contribution in [0.3, 0.4) is 0 Å². The van der Waals surface area contributed by atoms with Gasteiger partial charge in [0.2, 0.25) is 5.91 Å². The van der Waals surface area contributed by atoms with Gasteiger partial charge in [-0.1, -0.05) is 30.3 Å². The van der Waals surface area contributed by atoms with Crippen molar-refractivity contribution in [2.24, 2.45) is 5.92 Å². The van der Waals surface area contributed by atoms with Crippen molar-refractivity contribution in [2.45, 2.75) is 12.8 Å². The molecule has 3 rings (SSSR count). The molecule has 0 aliphatic carbocycles. The zero-order valence-corrected chi connectivity index (χ0v) is 16.2. The number of amides is 1. The van der Waals surface area contributed by atoms with Gasteiger partial charge in [0.05, 0.1) is 18.6 Å². The molecule has 0 atom stereocenters. The summed E-state index contributed by atoms with van der Waals surface area (Å²) in [5.41, 5.74) is 1.36. The van der Waals surface area contributed by atoms with Crippen molar-refractivity contribution in [3.63, 3.8) is 0 Å². The van der Waals surface area contributed by atoms with Crippen molar-refractivity contribution < 1.29 is 23.9 Å². The van der Waals surface area contributed by atoms with E-state index in [1.165, 1.54) is 7.11 Å². The lowest BCUT2D eigenvalue weighted by atomic mass is 9.97. The molecule has 0 radical (unpaired) electrons. The fraction of sp³-hybridized carbons (Fsp3) is 0.261. The second-order valence-corrected chi connectivity index (χ2v) is 6.78. The largest absolute Gasteiger partial charge is 0.465 e. The number of piperidine rings is 1. The monoisotopic (exact) mass is 393 g/mol.